The van der Waals surface area contributed by atoms with Gasteiger partial charge in [0.2, 0.25) is 5.91 Å². The van der Waals surface area contributed by atoms with Crippen molar-refractivity contribution in [3.05, 3.63) is 35.9 Å². The van der Waals surface area contributed by atoms with Crippen LogP contribution in [-0.4, -0.2) is 59.1 Å². The van der Waals surface area contributed by atoms with Gasteiger partial charge in [0.05, 0.1) is 0 Å². The number of likely N-dealkylation sites (tertiary alicyclic amines) is 1. The molecule has 0 N–H and O–H groups in total. The molecule has 29 heavy (non-hydrogen) atoms. The van der Waals surface area contributed by atoms with Gasteiger partial charge in [-0.25, -0.2) is 4.79 Å². The lowest BCUT2D eigenvalue weighted by Crippen LogP contribution is -2.47. The molecule has 1 aromatic carbocycles. The van der Waals surface area contributed by atoms with Gasteiger partial charge < -0.3 is 14.5 Å². The van der Waals surface area contributed by atoms with Crippen LogP contribution in [0.2, 0.25) is 0 Å². The molecular weight excluding hydrogens is 388 g/mol. The maximum Gasteiger partial charge on any atom is 0.330 e. The molecule has 0 saturated carbocycles. The number of nitrogens with zero attached hydrogens (tertiary/aromatic N) is 2. The number of rotatable bonds is 4. The quantitative estimate of drug-likeness (QED) is 0.706. The predicted molar refractivity (Wildman–Crippen MR) is 111 cm³/mol. The first-order chi connectivity index (χ1) is 14.1. The van der Waals surface area contributed by atoms with Crippen molar-refractivity contribution >= 4 is 29.5 Å². The third-order valence-electron chi connectivity index (χ3n) is 6.17. The number of hydrogen-bond acceptors (Lipinski definition) is 5. The van der Waals surface area contributed by atoms with Gasteiger partial charge in [-0.3, -0.25) is 9.59 Å². The van der Waals surface area contributed by atoms with Gasteiger partial charge in [0, 0.05) is 25.3 Å². The Kier molecular flexibility index (Phi) is 6.13. The molecule has 2 amide bonds. The number of fused-ring (bicyclic) bond motifs is 1. The van der Waals surface area contributed by atoms with E-state index in [2.05, 4.69) is 0 Å². The first-order valence-electron chi connectivity index (χ1n) is 10.6. The molecule has 3 saturated heterocycles. The van der Waals surface area contributed by atoms with Crippen LogP contribution in [0, 0.1) is 0 Å². The zero-order valence-electron chi connectivity index (χ0n) is 16.7. The molecule has 0 spiro atoms. The molecule has 0 radical (unpaired) electrons. The molecular formula is C22H28N2O4S. The molecule has 6 nitrogen and oxygen atoms in total. The summed E-state index contributed by atoms with van der Waals surface area (Å²) in [5.74, 6) is -0.119. The summed E-state index contributed by atoms with van der Waals surface area (Å²) in [6.07, 6.45) is 6.63. The Labute approximate surface area is 175 Å². The maximum atomic E-state index is 12.8. The SMILES string of the molecule is O=C(OCC(=O)N1CCCCCCC1)[C@H]1CS[C@@]2(c3ccccc3)CCC(=O)N12. The number of ether oxygens (including phenoxy) is 1. The van der Waals surface area contributed by atoms with Gasteiger partial charge in [-0.2, -0.15) is 0 Å². The molecule has 3 aliphatic rings. The second-order valence-corrected chi connectivity index (χ2v) is 9.29. The number of carbonyl (C=O) groups excluding carboxylic acids is 3. The summed E-state index contributed by atoms with van der Waals surface area (Å²) in [4.78, 5) is 41.0. The van der Waals surface area contributed by atoms with Gasteiger partial charge >= 0.3 is 5.97 Å². The van der Waals surface area contributed by atoms with E-state index in [-0.39, 0.29) is 18.4 Å². The molecule has 0 aromatic heterocycles. The Morgan fingerprint density at radius 1 is 1.07 bits per heavy atom. The largest absolute Gasteiger partial charge is 0.454 e. The summed E-state index contributed by atoms with van der Waals surface area (Å²) in [7, 11) is 0. The van der Waals surface area contributed by atoms with Crippen LogP contribution in [0.1, 0.15) is 50.5 Å². The van der Waals surface area contributed by atoms with Crippen LogP contribution < -0.4 is 0 Å². The fourth-order valence-corrected chi connectivity index (χ4v) is 6.27. The van der Waals surface area contributed by atoms with E-state index in [0.717, 1.165) is 44.3 Å². The van der Waals surface area contributed by atoms with Gasteiger partial charge in [-0.1, -0.05) is 49.6 Å². The minimum atomic E-state index is -0.629. The third-order valence-corrected chi connectivity index (χ3v) is 7.77. The first-order valence-corrected chi connectivity index (χ1v) is 11.6. The molecule has 3 fully saturated rings. The molecule has 3 heterocycles. The fraction of sp³-hybridized carbons (Fsp3) is 0.591. The van der Waals surface area contributed by atoms with Crippen molar-refractivity contribution in [1.82, 2.24) is 9.80 Å². The lowest BCUT2D eigenvalue weighted by atomic mass is 10.0. The molecule has 1 aromatic rings. The van der Waals surface area contributed by atoms with E-state index in [9.17, 15) is 14.4 Å². The Morgan fingerprint density at radius 3 is 2.48 bits per heavy atom. The predicted octanol–water partition coefficient (Wildman–Crippen LogP) is 2.91. The minimum Gasteiger partial charge on any atom is -0.454 e. The van der Waals surface area contributed by atoms with Gasteiger partial charge in [-0.05, 0) is 24.8 Å². The van der Waals surface area contributed by atoms with E-state index in [1.165, 1.54) is 6.42 Å². The number of amides is 2. The average Bonchev–Trinajstić information content (AvgIpc) is 3.26. The summed E-state index contributed by atoms with van der Waals surface area (Å²) in [5, 5.41) is 0. The van der Waals surface area contributed by atoms with E-state index >= 15 is 0 Å². The van der Waals surface area contributed by atoms with Crippen molar-refractivity contribution in [2.45, 2.75) is 55.9 Å². The zero-order valence-corrected chi connectivity index (χ0v) is 17.5. The molecule has 2 atom stereocenters. The Balaban J connectivity index is 1.40. The summed E-state index contributed by atoms with van der Waals surface area (Å²) < 4.78 is 5.41. The van der Waals surface area contributed by atoms with E-state index in [4.69, 9.17) is 4.74 Å². The number of thioether (sulfide) groups is 1. The van der Waals surface area contributed by atoms with Crippen molar-refractivity contribution in [1.29, 1.82) is 0 Å². The van der Waals surface area contributed by atoms with E-state index < -0.39 is 16.9 Å². The maximum absolute atomic E-state index is 12.8. The molecule has 0 unspecified atom stereocenters. The van der Waals surface area contributed by atoms with E-state index in [1.54, 1.807) is 16.7 Å². The summed E-state index contributed by atoms with van der Waals surface area (Å²) in [5.41, 5.74) is 1.04. The van der Waals surface area contributed by atoms with E-state index in [1.807, 2.05) is 35.2 Å². The van der Waals surface area contributed by atoms with Crippen LogP contribution >= 0.6 is 11.8 Å². The first kappa shape index (κ1) is 20.3. The van der Waals surface area contributed by atoms with Gasteiger partial charge in [0.25, 0.3) is 5.91 Å². The second-order valence-electron chi connectivity index (χ2n) is 8.00. The second kappa shape index (κ2) is 8.78. The smallest absolute Gasteiger partial charge is 0.330 e. The lowest BCUT2D eigenvalue weighted by Gasteiger charge is -2.33. The van der Waals surface area contributed by atoms with Crippen LogP contribution in [0.15, 0.2) is 30.3 Å². The molecule has 0 aliphatic carbocycles. The summed E-state index contributed by atoms with van der Waals surface area (Å²) in [6, 6.07) is 9.26. The highest BCUT2D eigenvalue weighted by Crippen LogP contribution is 2.54. The third kappa shape index (κ3) is 4.02. The monoisotopic (exact) mass is 416 g/mol. The molecule has 156 valence electrons. The Bertz CT molecular complexity index is 763. The van der Waals surface area contributed by atoms with Crippen LogP contribution in [0.3, 0.4) is 0 Å². The van der Waals surface area contributed by atoms with Crippen molar-refractivity contribution in [3.63, 3.8) is 0 Å². The topological polar surface area (TPSA) is 66.9 Å². The van der Waals surface area contributed by atoms with Crippen molar-refractivity contribution in [3.8, 4) is 0 Å². The number of esters is 1. The Morgan fingerprint density at radius 2 is 1.76 bits per heavy atom. The average molecular weight is 417 g/mol. The van der Waals surface area contributed by atoms with Crippen molar-refractivity contribution in [2.24, 2.45) is 0 Å². The number of carbonyl (C=O) groups is 3. The lowest BCUT2D eigenvalue weighted by molar-refractivity contribution is -0.158. The Hall–Kier alpha value is -2.02. The molecule has 0 bridgehead atoms. The normalized spacial score (nSPS) is 27.3. The zero-order chi connectivity index (χ0) is 20.3. The minimum absolute atomic E-state index is 0.0177. The van der Waals surface area contributed by atoms with E-state index in [0.29, 0.717) is 18.6 Å². The van der Waals surface area contributed by atoms with Gasteiger partial charge in [0.15, 0.2) is 6.61 Å². The van der Waals surface area contributed by atoms with Crippen LogP contribution in [0.5, 0.6) is 0 Å². The number of hydrogen-bond donors (Lipinski definition) is 0. The fourth-order valence-electron chi connectivity index (χ4n) is 4.63. The molecule has 3 aliphatic heterocycles. The van der Waals surface area contributed by atoms with Gasteiger partial charge in [0.1, 0.15) is 10.9 Å². The molecule has 7 heteroatoms. The van der Waals surface area contributed by atoms with Gasteiger partial charge in [-0.15, -0.1) is 11.8 Å². The van der Waals surface area contributed by atoms with Crippen molar-refractivity contribution in [2.75, 3.05) is 25.4 Å². The van der Waals surface area contributed by atoms with Crippen LogP contribution in [0.4, 0.5) is 0 Å². The molecule has 4 rings (SSSR count). The summed E-state index contributed by atoms with van der Waals surface area (Å²) >= 11 is 1.63. The summed E-state index contributed by atoms with van der Waals surface area (Å²) in [6.45, 7) is 1.23. The highest BCUT2D eigenvalue weighted by atomic mass is 32.2. The van der Waals surface area contributed by atoms with Crippen molar-refractivity contribution < 1.29 is 19.1 Å². The van der Waals surface area contributed by atoms with Crippen LogP contribution in [-0.2, 0) is 24.0 Å². The highest BCUT2D eigenvalue weighted by molar-refractivity contribution is 8.00. The highest BCUT2D eigenvalue weighted by Gasteiger charge is 2.57. The standard InChI is InChI=1S/C22H28N2O4S/c25-19-11-12-22(17-9-5-4-6-10-17)24(19)18(16-29-22)21(27)28-15-20(26)23-13-7-2-1-3-8-14-23/h4-6,9-10,18H,1-3,7-8,11-16H2/t18-,22-/m1/s1. The number of benzene rings is 1. The van der Waals surface area contributed by atoms with Crippen LogP contribution in [0.25, 0.3) is 0 Å².